The summed E-state index contributed by atoms with van der Waals surface area (Å²) in [5.74, 6) is 2.14. The van der Waals surface area contributed by atoms with Gasteiger partial charge in [-0.05, 0) is 36.4 Å². The molecule has 1 aliphatic rings. The van der Waals surface area contributed by atoms with Crippen LogP contribution in [0.3, 0.4) is 0 Å². The van der Waals surface area contributed by atoms with Crippen molar-refractivity contribution in [2.75, 3.05) is 33.5 Å². The van der Waals surface area contributed by atoms with Crippen LogP contribution in [-0.4, -0.2) is 44.4 Å². The fourth-order valence-electron chi connectivity index (χ4n) is 2.94. The topological polar surface area (TPSA) is 78.9 Å². The summed E-state index contributed by atoms with van der Waals surface area (Å²) < 4.78 is 22.8. The van der Waals surface area contributed by atoms with Gasteiger partial charge in [0, 0.05) is 29.8 Å². The highest BCUT2D eigenvalue weighted by atomic mass is 16.5. The highest BCUT2D eigenvalue weighted by Crippen LogP contribution is 2.37. The van der Waals surface area contributed by atoms with Gasteiger partial charge >= 0.3 is 0 Å². The molecule has 144 valence electrons. The molecule has 2 aromatic carbocycles. The van der Waals surface area contributed by atoms with Crippen molar-refractivity contribution in [1.29, 1.82) is 0 Å². The van der Waals surface area contributed by atoms with E-state index in [1.165, 1.54) is 0 Å². The molecule has 1 amide bonds. The van der Waals surface area contributed by atoms with Crippen LogP contribution in [0.1, 0.15) is 10.4 Å². The summed E-state index contributed by atoms with van der Waals surface area (Å²) in [6, 6.07) is 12.4. The van der Waals surface area contributed by atoms with Gasteiger partial charge < -0.3 is 24.3 Å². The van der Waals surface area contributed by atoms with Crippen molar-refractivity contribution < 1.29 is 23.7 Å². The SMILES string of the molecule is COc1ccc2c(c1)Oc1ccnc3ccc(cc13)C(=O)NCCOCCO2. The number of rotatable bonds is 1. The van der Waals surface area contributed by atoms with Crippen molar-refractivity contribution in [2.45, 2.75) is 0 Å². The first-order valence-electron chi connectivity index (χ1n) is 8.98. The standard InChI is InChI=1S/C21H20N2O5/c1-25-15-3-5-19-20(13-15)28-18-6-7-22-17-4-2-14(12-16(17)18)21(24)23-8-9-26-10-11-27-19/h2-7,12-13H,8-11H2,1H3,(H,23,24). The van der Waals surface area contributed by atoms with E-state index in [1.54, 1.807) is 49.7 Å². The maximum absolute atomic E-state index is 12.4. The zero-order valence-electron chi connectivity index (χ0n) is 15.4. The lowest BCUT2D eigenvalue weighted by Crippen LogP contribution is -2.27. The van der Waals surface area contributed by atoms with Crippen LogP contribution >= 0.6 is 0 Å². The van der Waals surface area contributed by atoms with Gasteiger partial charge in [-0.2, -0.15) is 0 Å². The number of pyridine rings is 1. The van der Waals surface area contributed by atoms with E-state index in [1.807, 2.05) is 6.07 Å². The van der Waals surface area contributed by atoms with Crippen LogP contribution in [0.5, 0.6) is 23.0 Å². The van der Waals surface area contributed by atoms with Gasteiger partial charge in [-0.15, -0.1) is 0 Å². The predicted octanol–water partition coefficient (Wildman–Crippen LogP) is 3.17. The van der Waals surface area contributed by atoms with Crippen LogP contribution in [0.25, 0.3) is 10.9 Å². The number of carbonyl (C=O) groups excluding carboxylic acids is 1. The number of methoxy groups -OCH3 is 1. The number of nitrogens with one attached hydrogen (secondary N) is 1. The minimum Gasteiger partial charge on any atom is -0.497 e. The van der Waals surface area contributed by atoms with Crippen molar-refractivity contribution >= 4 is 16.8 Å². The Morgan fingerprint density at radius 2 is 1.93 bits per heavy atom. The number of nitrogens with zero attached hydrogens (tertiary/aromatic N) is 1. The molecule has 1 aromatic heterocycles. The molecule has 0 saturated carbocycles. The Kier molecular flexibility index (Phi) is 5.25. The summed E-state index contributed by atoms with van der Waals surface area (Å²) in [5, 5.41) is 3.57. The van der Waals surface area contributed by atoms with E-state index >= 15 is 0 Å². The first-order chi connectivity index (χ1) is 13.7. The van der Waals surface area contributed by atoms with Gasteiger partial charge in [0.05, 0.1) is 25.8 Å². The third-order valence-electron chi connectivity index (χ3n) is 4.35. The Labute approximate surface area is 162 Å². The zero-order valence-corrected chi connectivity index (χ0v) is 15.4. The van der Waals surface area contributed by atoms with Crippen LogP contribution in [0, 0.1) is 0 Å². The Bertz CT molecular complexity index is 1010. The summed E-state index contributed by atoms with van der Waals surface area (Å²) in [5.41, 5.74) is 1.26. The van der Waals surface area contributed by atoms with Crippen molar-refractivity contribution in [2.24, 2.45) is 0 Å². The summed E-state index contributed by atoms with van der Waals surface area (Å²) in [4.78, 5) is 16.8. The minimum absolute atomic E-state index is 0.173. The summed E-state index contributed by atoms with van der Waals surface area (Å²) in [7, 11) is 1.59. The molecular formula is C21H20N2O5. The van der Waals surface area contributed by atoms with E-state index in [9.17, 15) is 4.79 Å². The third kappa shape index (κ3) is 3.84. The van der Waals surface area contributed by atoms with E-state index in [4.69, 9.17) is 18.9 Å². The van der Waals surface area contributed by atoms with E-state index < -0.39 is 0 Å². The van der Waals surface area contributed by atoms with Gasteiger partial charge in [0.25, 0.3) is 5.91 Å². The molecule has 0 unspecified atom stereocenters. The summed E-state index contributed by atoms with van der Waals surface area (Å²) in [6.07, 6.45) is 1.67. The number of hydrogen-bond acceptors (Lipinski definition) is 6. The third-order valence-corrected chi connectivity index (χ3v) is 4.35. The summed E-state index contributed by atoms with van der Waals surface area (Å²) in [6.45, 7) is 1.58. The number of benzene rings is 2. The van der Waals surface area contributed by atoms with Crippen LogP contribution in [-0.2, 0) is 4.74 Å². The average molecular weight is 380 g/mol. The quantitative estimate of drug-likeness (QED) is 0.699. The second-order valence-electron chi connectivity index (χ2n) is 6.17. The fraction of sp³-hybridized carbons (Fsp3) is 0.238. The van der Waals surface area contributed by atoms with Crippen LogP contribution in [0.4, 0.5) is 0 Å². The van der Waals surface area contributed by atoms with Crippen LogP contribution in [0.15, 0.2) is 48.7 Å². The Balaban J connectivity index is 1.80. The van der Waals surface area contributed by atoms with E-state index in [0.29, 0.717) is 54.9 Å². The van der Waals surface area contributed by atoms with Gasteiger partial charge in [0.1, 0.15) is 18.1 Å². The normalized spacial score (nSPS) is 14.8. The first-order valence-corrected chi connectivity index (χ1v) is 8.98. The Hall–Kier alpha value is -3.32. The molecule has 7 heteroatoms. The van der Waals surface area contributed by atoms with E-state index in [-0.39, 0.29) is 5.91 Å². The molecule has 2 bridgehead atoms. The maximum atomic E-state index is 12.4. The van der Waals surface area contributed by atoms with E-state index in [0.717, 1.165) is 10.9 Å². The fourth-order valence-corrected chi connectivity index (χ4v) is 2.94. The molecule has 7 nitrogen and oxygen atoms in total. The van der Waals surface area contributed by atoms with Crippen molar-refractivity contribution in [3.8, 4) is 23.0 Å². The van der Waals surface area contributed by atoms with Gasteiger partial charge in [0.2, 0.25) is 0 Å². The smallest absolute Gasteiger partial charge is 0.251 e. The van der Waals surface area contributed by atoms with Gasteiger partial charge in [-0.3, -0.25) is 9.78 Å². The highest BCUT2D eigenvalue weighted by molar-refractivity contribution is 5.99. The Morgan fingerprint density at radius 1 is 1.00 bits per heavy atom. The number of aromatic nitrogens is 1. The van der Waals surface area contributed by atoms with Crippen LogP contribution in [0.2, 0.25) is 0 Å². The molecule has 4 rings (SSSR count). The molecule has 0 aliphatic carbocycles. The molecule has 1 aliphatic heterocycles. The molecule has 2 heterocycles. The molecule has 0 fully saturated rings. The number of fused-ring (bicyclic) bond motifs is 2. The van der Waals surface area contributed by atoms with Crippen molar-refractivity contribution in [3.63, 3.8) is 0 Å². The van der Waals surface area contributed by atoms with E-state index in [2.05, 4.69) is 10.3 Å². The molecule has 3 aromatic rings. The molecule has 0 radical (unpaired) electrons. The predicted molar refractivity (Wildman–Crippen MR) is 103 cm³/mol. The molecule has 28 heavy (non-hydrogen) atoms. The van der Waals surface area contributed by atoms with Crippen molar-refractivity contribution in [1.82, 2.24) is 10.3 Å². The largest absolute Gasteiger partial charge is 0.497 e. The van der Waals surface area contributed by atoms with Gasteiger partial charge in [-0.25, -0.2) is 0 Å². The molecule has 1 N–H and O–H groups in total. The minimum atomic E-state index is -0.173. The molecule has 0 spiro atoms. The van der Waals surface area contributed by atoms with Gasteiger partial charge in [-0.1, -0.05) is 0 Å². The average Bonchev–Trinajstić information content (AvgIpc) is 2.73. The number of ether oxygens (including phenoxy) is 4. The Morgan fingerprint density at radius 3 is 2.82 bits per heavy atom. The van der Waals surface area contributed by atoms with Crippen molar-refractivity contribution in [3.05, 3.63) is 54.2 Å². The second kappa shape index (κ2) is 8.14. The lowest BCUT2D eigenvalue weighted by molar-refractivity contribution is 0.0864. The van der Waals surface area contributed by atoms with Crippen LogP contribution < -0.4 is 19.5 Å². The highest BCUT2D eigenvalue weighted by Gasteiger charge is 2.14. The first kappa shape index (κ1) is 18.1. The monoisotopic (exact) mass is 380 g/mol. The lowest BCUT2D eigenvalue weighted by atomic mass is 10.1. The number of hydrogen-bond donors (Lipinski definition) is 1. The maximum Gasteiger partial charge on any atom is 0.251 e. The molecule has 0 atom stereocenters. The molecule has 0 saturated heterocycles. The lowest BCUT2D eigenvalue weighted by Gasteiger charge is -2.15. The second-order valence-corrected chi connectivity index (χ2v) is 6.17. The molecular weight excluding hydrogens is 360 g/mol. The zero-order chi connectivity index (χ0) is 19.3. The van der Waals surface area contributed by atoms with Gasteiger partial charge in [0.15, 0.2) is 11.5 Å². The number of amides is 1. The summed E-state index contributed by atoms with van der Waals surface area (Å²) >= 11 is 0. The number of carbonyl (C=O) groups is 1.